The van der Waals surface area contributed by atoms with Gasteiger partial charge in [-0.3, -0.25) is 9.78 Å². The number of amides is 1. The molecule has 3 rings (SSSR count). The number of anilines is 1. The van der Waals surface area contributed by atoms with Crippen LogP contribution in [-0.4, -0.2) is 31.0 Å². The predicted molar refractivity (Wildman–Crippen MR) is 120 cm³/mol. The Kier molecular flexibility index (Phi) is 7.15. The molecule has 0 aliphatic heterocycles. The van der Waals surface area contributed by atoms with Crippen LogP contribution < -0.4 is 4.90 Å². The summed E-state index contributed by atoms with van der Waals surface area (Å²) in [5, 5.41) is 9.60. The summed E-state index contributed by atoms with van der Waals surface area (Å²) in [6.45, 7) is 0. The molecule has 0 aliphatic carbocycles. The molecule has 174 valence electrons. The molecule has 0 fully saturated rings. The van der Waals surface area contributed by atoms with E-state index in [-0.39, 0.29) is 43.5 Å². The number of hydrogen-bond donors (Lipinski definition) is 0. The maximum absolute atomic E-state index is 13.2. The van der Waals surface area contributed by atoms with E-state index in [0.29, 0.717) is 6.07 Å². The lowest BCUT2D eigenvalue weighted by Crippen LogP contribution is -2.28. The number of rotatable bonds is 4. The standard InChI is InChI=1S/C23H14Cl2F3N3O3/c1-31(20-14(22(33)34-2)4-3-5-18(20)25)21(32)12-6-7-17(24)15(8-12)16-11-30-19(23(26,27)28)9-13(16)10-29/h3-9,11H,1-2H3. The van der Waals surface area contributed by atoms with Gasteiger partial charge >= 0.3 is 12.1 Å². The van der Waals surface area contributed by atoms with Gasteiger partial charge in [0.15, 0.2) is 0 Å². The van der Waals surface area contributed by atoms with Crippen LogP contribution in [0.25, 0.3) is 11.1 Å². The number of esters is 1. The lowest BCUT2D eigenvalue weighted by molar-refractivity contribution is -0.141. The first-order valence-electron chi connectivity index (χ1n) is 9.41. The van der Waals surface area contributed by atoms with E-state index in [2.05, 4.69) is 4.98 Å². The minimum atomic E-state index is -4.74. The molecule has 11 heteroatoms. The van der Waals surface area contributed by atoms with Crippen molar-refractivity contribution in [3.8, 4) is 17.2 Å². The van der Waals surface area contributed by atoms with Crippen LogP contribution in [0.3, 0.4) is 0 Å². The number of alkyl halides is 3. The Morgan fingerprint density at radius 2 is 1.79 bits per heavy atom. The monoisotopic (exact) mass is 507 g/mol. The second-order valence-electron chi connectivity index (χ2n) is 6.91. The van der Waals surface area contributed by atoms with Crippen molar-refractivity contribution in [1.82, 2.24) is 4.98 Å². The van der Waals surface area contributed by atoms with Gasteiger partial charge in [-0.05, 0) is 36.4 Å². The fourth-order valence-electron chi connectivity index (χ4n) is 3.21. The number of nitriles is 1. The largest absolute Gasteiger partial charge is 0.465 e. The van der Waals surface area contributed by atoms with Crippen LogP contribution in [0.1, 0.15) is 32.0 Å². The molecule has 1 heterocycles. The average Bonchev–Trinajstić information content (AvgIpc) is 2.81. The molecule has 34 heavy (non-hydrogen) atoms. The predicted octanol–water partition coefficient (Wildman–Crippen LogP) is 6.01. The molecule has 3 aromatic rings. The first kappa shape index (κ1) is 25.0. The van der Waals surface area contributed by atoms with Crippen LogP contribution in [0.4, 0.5) is 18.9 Å². The highest BCUT2D eigenvalue weighted by Gasteiger charge is 2.33. The molecule has 6 nitrogen and oxygen atoms in total. The van der Waals surface area contributed by atoms with Gasteiger partial charge in [0.1, 0.15) is 5.69 Å². The first-order valence-corrected chi connectivity index (χ1v) is 10.2. The summed E-state index contributed by atoms with van der Waals surface area (Å²) in [5.74, 6) is -1.31. The molecule has 0 radical (unpaired) electrons. The van der Waals surface area contributed by atoms with E-state index in [1.807, 2.05) is 0 Å². The van der Waals surface area contributed by atoms with Crippen LogP contribution in [0, 0.1) is 11.3 Å². The second-order valence-corrected chi connectivity index (χ2v) is 7.73. The Labute approximate surface area is 202 Å². The van der Waals surface area contributed by atoms with Crippen LogP contribution >= 0.6 is 23.2 Å². The highest BCUT2D eigenvalue weighted by atomic mass is 35.5. The number of carbonyl (C=O) groups excluding carboxylic acids is 2. The van der Waals surface area contributed by atoms with Gasteiger partial charge in [0.2, 0.25) is 0 Å². The van der Waals surface area contributed by atoms with E-state index in [1.165, 1.54) is 50.6 Å². The minimum absolute atomic E-state index is 0.0193. The molecule has 0 saturated heterocycles. The molecule has 2 aromatic carbocycles. The topological polar surface area (TPSA) is 83.3 Å². The molecule has 0 saturated carbocycles. The molecular weight excluding hydrogens is 494 g/mol. The van der Waals surface area contributed by atoms with Crippen LogP contribution in [0.5, 0.6) is 0 Å². The number of hydrogen-bond acceptors (Lipinski definition) is 5. The summed E-state index contributed by atoms with van der Waals surface area (Å²) in [4.78, 5) is 29.9. The summed E-state index contributed by atoms with van der Waals surface area (Å²) in [7, 11) is 2.58. The Morgan fingerprint density at radius 3 is 2.41 bits per heavy atom. The summed E-state index contributed by atoms with van der Waals surface area (Å²) in [5.41, 5.74) is -1.17. The number of benzene rings is 2. The van der Waals surface area contributed by atoms with E-state index in [1.54, 1.807) is 6.07 Å². The van der Waals surface area contributed by atoms with E-state index in [0.717, 1.165) is 11.1 Å². The van der Waals surface area contributed by atoms with Crippen molar-refractivity contribution in [2.75, 3.05) is 19.1 Å². The third kappa shape index (κ3) is 4.83. The number of para-hydroxylation sites is 1. The third-order valence-electron chi connectivity index (χ3n) is 4.85. The zero-order chi connectivity index (χ0) is 25.2. The molecule has 1 aromatic heterocycles. The van der Waals surface area contributed by atoms with Gasteiger partial charge in [0.05, 0.1) is 35.0 Å². The summed E-state index contributed by atoms with van der Waals surface area (Å²) in [6, 6.07) is 10.9. The maximum atomic E-state index is 13.2. The molecule has 0 N–H and O–H groups in total. The van der Waals surface area contributed by atoms with Crippen molar-refractivity contribution < 1.29 is 27.5 Å². The molecule has 0 bridgehead atoms. The van der Waals surface area contributed by atoms with E-state index >= 15 is 0 Å². The van der Waals surface area contributed by atoms with Gasteiger partial charge in [-0.15, -0.1) is 0 Å². The van der Waals surface area contributed by atoms with Gasteiger partial charge in [-0.1, -0.05) is 29.3 Å². The third-order valence-corrected chi connectivity index (χ3v) is 5.49. The Morgan fingerprint density at radius 1 is 1.09 bits per heavy atom. The van der Waals surface area contributed by atoms with Gasteiger partial charge in [0, 0.05) is 35.0 Å². The van der Waals surface area contributed by atoms with Crippen molar-refractivity contribution in [3.63, 3.8) is 0 Å². The van der Waals surface area contributed by atoms with Gasteiger partial charge in [-0.25, -0.2) is 4.79 Å². The Balaban J connectivity index is 2.09. The van der Waals surface area contributed by atoms with Crippen molar-refractivity contribution in [2.45, 2.75) is 6.18 Å². The summed E-state index contributed by atoms with van der Waals surface area (Å²) in [6.07, 6.45) is -3.86. The lowest BCUT2D eigenvalue weighted by Gasteiger charge is -2.22. The highest BCUT2D eigenvalue weighted by Crippen LogP contribution is 2.36. The zero-order valence-electron chi connectivity index (χ0n) is 17.6. The quantitative estimate of drug-likeness (QED) is 0.403. The zero-order valence-corrected chi connectivity index (χ0v) is 19.1. The number of methoxy groups -OCH3 is 1. The number of pyridine rings is 1. The maximum Gasteiger partial charge on any atom is 0.433 e. The molecule has 0 spiro atoms. The Hall–Kier alpha value is -3.61. The van der Waals surface area contributed by atoms with Gasteiger partial charge in [0.25, 0.3) is 5.91 Å². The van der Waals surface area contributed by atoms with Crippen LogP contribution in [0.2, 0.25) is 10.0 Å². The van der Waals surface area contributed by atoms with Crippen molar-refractivity contribution in [3.05, 3.63) is 81.1 Å². The number of carbonyl (C=O) groups is 2. The fourth-order valence-corrected chi connectivity index (χ4v) is 3.73. The average molecular weight is 508 g/mol. The van der Waals surface area contributed by atoms with Crippen molar-refractivity contribution in [1.29, 1.82) is 5.26 Å². The molecular formula is C23H14Cl2F3N3O3. The molecule has 1 amide bonds. The Bertz CT molecular complexity index is 1340. The fraction of sp³-hybridized carbons (Fsp3) is 0.130. The second kappa shape index (κ2) is 9.71. The van der Waals surface area contributed by atoms with E-state index in [9.17, 15) is 28.0 Å². The first-order chi connectivity index (χ1) is 16.0. The summed E-state index contributed by atoms with van der Waals surface area (Å²) < 4.78 is 43.7. The number of ether oxygens (including phenoxy) is 1. The number of aromatic nitrogens is 1. The number of halogens is 5. The normalized spacial score (nSPS) is 11.0. The SMILES string of the molecule is COC(=O)c1cccc(Cl)c1N(C)C(=O)c1ccc(Cl)c(-c2cnc(C(F)(F)F)cc2C#N)c1. The van der Waals surface area contributed by atoms with Gasteiger partial charge < -0.3 is 9.64 Å². The smallest absolute Gasteiger partial charge is 0.433 e. The highest BCUT2D eigenvalue weighted by molar-refractivity contribution is 6.35. The number of nitrogens with zero attached hydrogens (tertiary/aromatic N) is 3. The summed E-state index contributed by atoms with van der Waals surface area (Å²) >= 11 is 12.5. The van der Waals surface area contributed by atoms with Crippen LogP contribution in [-0.2, 0) is 10.9 Å². The molecule has 0 unspecified atom stereocenters. The van der Waals surface area contributed by atoms with Crippen molar-refractivity contribution in [2.24, 2.45) is 0 Å². The minimum Gasteiger partial charge on any atom is -0.465 e. The molecule has 0 aliphatic rings. The molecule has 0 atom stereocenters. The van der Waals surface area contributed by atoms with E-state index < -0.39 is 23.7 Å². The van der Waals surface area contributed by atoms with E-state index in [4.69, 9.17) is 27.9 Å². The lowest BCUT2D eigenvalue weighted by atomic mass is 9.99. The van der Waals surface area contributed by atoms with Gasteiger partial charge in [-0.2, -0.15) is 18.4 Å². The van der Waals surface area contributed by atoms with Crippen molar-refractivity contribution >= 4 is 40.8 Å². The van der Waals surface area contributed by atoms with Crippen LogP contribution in [0.15, 0.2) is 48.7 Å².